The number of rotatable bonds is 6. The Labute approximate surface area is 180 Å². The minimum atomic E-state index is 0.300. The van der Waals surface area contributed by atoms with Crippen molar-refractivity contribution in [2.75, 3.05) is 26.2 Å². The third-order valence-electron chi connectivity index (χ3n) is 5.50. The van der Waals surface area contributed by atoms with Gasteiger partial charge in [-0.3, -0.25) is 14.1 Å². The van der Waals surface area contributed by atoms with Crippen LogP contribution in [0.4, 0.5) is 0 Å². The van der Waals surface area contributed by atoms with Gasteiger partial charge in [-0.2, -0.15) is 0 Å². The van der Waals surface area contributed by atoms with Gasteiger partial charge >= 0.3 is 0 Å². The van der Waals surface area contributed by atoms with Gasteiger partial charge in [-0.25, -0.2) is 4.98 Å². The maximum Gasteiger partial charge on any atom is 0.222 e. The van der Waals surface area contributed by atoms with Gasteiger partial charge in [0.2, 0.25) is 5.91 Å². The number of benzene rings is 1. The Morgan fingerprint density at radius 1 is 1.17 bits per heavy atom. The van der Waals surface area contributed by atoms with Crippen LogP contribution in [-0.2, 0) is 11.3 Å². The summed E-state index contributed by atoms with van der Waals surface area (Å²) in [6.07, 6.45) is 4.90. The highest BCUT2D eigenvalue weighted by Gasteiger charge is 2.24. The van der Waals surface area contributed by atoms with Crippen molar-refractivity contribution in [1.82, 2.24) is 19.2 Å². The topological polar surface area (TPSA) is 40.9 Å². The molecule has 0 N–H and O–H groups in total. The lowest BCUT2D eigenvalue weighted by atomic mass is 10.1. The van der Waals surface area contributed by atoms with Crippen LogP contribution >= 0.6 is 22.9 Å². The predicted octanol–water partition coefficient (Wildman–Crippen LogP) is 4.86. The fraction of sp³-hybridized carbons (Fsp3) is 0.455. The van der Waals surface area contributed by atoms with E-state index in [2.05, 4.69) is 29.3 Å². The van der Waals surface area contributed by atoms with Gasteiger partial charge in [0.15, 0.2) is 4.96 Å². The van der Waals surface area contributed by atoms with E-state index in [9.17, 15) is 4.79 Å². The van der Waals surface area contributed by atoms with E-state index in [0.29, 0.717) is 12.3 Å². The van der Waals surface area contributed by atoms with Gasteiger partial charge in [0.05, 0.1) is 11.4 Å². The molecule has 1 aliphatic heterocycles. The first-order valence-electron chi connectivity index (χ1n) is 10.3. The highest BCUT2D eigenvalue weighted by atomic mass is 35.5. The van der Waals surface area contributed by atoms with Gasteiger partial charge in [0.1, 0.15) is 0 Å². The van der Waals surface area contributed by atoms with E-state index < -0.39 is 0 Å². The molecule has 2 aromatic heterocycles. The molecule has 0 radical (unpaired) electrons. The Kier molecular flexibility index (Phi) is 6.23. The van der Waals surface area contributed by atoms with Gasteiger partial charge < -0.3 is 4.90 Å². The molecule has 1 amide bonds. The van der Waals surface area contributed by atoms with Crippen molar-refractivity contribution < 1.29 is 4.79 Å². The Hall–Kier alpha value is -1.89. The van der Waals surface area contributed by atoms with Crippen LogP contribution in [0.1, 0.15) is 36.8 Å². The van der Waals surface area contributed by atoms with Crippen LogP contribution < -0.4 is 0 Å². The SMILES string of the molecule is CCCCC(=O)N1CCN(Cc2c(-c3ccc(Cl)cc3)nc3sc(C)cn23)CC1. The molecule has 5 nitrogen and oxygen atoms in total. The van der Waals surface area contributed by atoms with E-state index in [1.54, 1.807) is 11.3 Å². The predicted molar refractivity (Wildman–Crippen MR) is 120 cm³/mol. The molecule has 7 heteroatoms. The number of unbranched alkanes of at least 4 members (excludes halogenated alkanes) is 1. The number of carbonyl (C=O) groups excluding carboxylic acids is 1. The van der Waals surface area contributed by atoms with Crippen LogP contribution in [0.2, 0.25) is 5.02 Å². The zero-order valence-corrected chi connectivity index (χ0v) is 18.6. The van der Waals surface area contributed by atoms with Crippen molar-refractivity contribution in [3.05, 3.63) is 46.1 Å². The van der Waals surface area contributed by atoms with Crippen molar-refractivity contribution in [3.8, 4) is 11.3 Å². The molecular formula is C22H27ClN4OS. The number of nitrogens with zero attached hydrogens (tertiary/aromatic N) is 4. The van der Waals surface area contributed by atoms with E-state index in [0.717, 1.165) is 66.8 Å². The molecule has 0 atom stereocenters. The molecule has 29 heavy (non-hydrogen) atoms. The summed E-state index contributed by atoms with van der Waals surface area (Å²) in [5, 5.41) is 0.732. The zero-order chi connectivity index (χ0) is 20.4. The van der Waals surface area contributed by atoms with E-state index in [1.165, 1.54) is 10.6 Å². The van der Waals surface area contributed by atoms with Crippen LogP contribution in [0, 0.1) is 6.92 Å². The second-order valence-electron chi connectivity index (χ2n) is 7.67. The number of hydrogen-bond donors (Lipinski definition) is 0. The molecule has 0 spiro atoms. The quantitative estimate of drug-likeness (QED) is 0.560. The third kappa shape index (κ3) is 4.49. The Balaban J connectivity index is 1.52. The van der Waals surface area contributed by atoms with Crippen molar-refractivity contribution in [2.45, 2.75) is 39.7 Å². The molecule has 0 aliphatic carbocycles. The summed E-state index contributed by atoms with van der Waals surface area (Å²) in [6.45, 7) is 8.48. The minimum absolute atomic E-state index is 0.300. The lowest BCUT2D eigenvalue weighted by Crippen LogP contribution is -2.48. The fourth-order valence-electron chi connectivity index (χ4n) is 3.84. The molecule has 1 aromatic carbocycles. The molecule has 0 unspecified atom stereocenters. The van der Waals surface area contributed by atoms with Crippen molar-refractivity contribution in [3.63, 3.8) is 0 Å². The molecule has 154 valence electrons. The first-order chi connectivity index (χ1) is 14.0. The number of piperazine rings is 1. The number of fused-ring (bicyclic) bond motifs is 1. The molecule has 0 saturated carbocycles. The number of halogens is 1. The average Bonchev–Trinajstić information content (AvgIpc) is 3.24. The summed E-state index contributed by atoms with van der Waals surface area (Å²) in [5.41, 5.74) is 3.32. The molecule has 1 saturated heterocycles. The number of hydrogen-bond acceptors (Lipinski definition) is 4. The van der Waals surface area contributed by atoms with Gasteiger partial charge in [-0.05, 0) is 25.5 Å². The molecule has 4 rings (SSSR count). The lowest BCUT2D eigenvalue weighted by Gasteiger charge is -2.34. The van der Waals surface area contributed by atoms with Gasteiger partial charge in [-0.15, -0.1) is 11.3 Å². The van der Waals surface area contributed by atoms with Gasteiger partial charge in [-0.1, -0.05) is 37.1 Å². The first-order valence-corrected chi connectivity index (χ1v) is 11.5. The van der Waals surface area contributed by atoms with Gasteiger partial charge in [0.25, 0.3) is 0 Å². The number of imidazole rings is 1. The maximum absolute atomic E-state index is 12.3. The summed E-state index contributed by atoms with van der Waals surface area (Å²) < 4.78 is 2.22. The van der Waals surface area contributed by atoms with Crippen LogP contribution in [0.25, 0.3) is 16.2 Å². The van der Waals surface area contributed by atoms with E-state index >= 15 is 0 Å². The smallest absolute Gasteiger partial charge is 0.222 e. The average molecular weight is 431 g/mol. The zero-order valence-electron chi connectivity index (χ0n) is 17.0. The summed E-state index contributed by atoms with van der Waals surface area (Å²) in [7, 11) is 0. The third-order valence-corrected chi connectivity index (χ3v) is 6.65. The Morgan fingerprint density at radius 2 is 1.90 bits per heavy atom. The molecule has 3 heterocycles. The number of carbonyl (C=O) groups is 1. The Morgan fingerprint density at radius 3 is 2.59 bits per heavy atom. The van der Waals surface area contributed by atoms with E-state index in [1.807, 2.05) is 29.2 Å². The second kappa shape index (κ2) is 8.86. The number of aromatic nitrogens is 2. The van der Waals surface area contributed by atoms with Crippen LogP contribution in [0.15, 0.2) is 30.5 Å². The second-order valence-corrected chi connectivity index (χ2v) is 9.32. The van der Waals surface area contributed by atoms with Crippen molar-refractivity contribution in [2.24, 2.45) is 0 Å². The standard InChI is InChI=1S/C22H27ClN4OS/c1-3-4-5-20(28)26-12-10-25(11-13-26)15-19-21(17-6-8-18(23)9-7-17)24-22-27(19)14-16(2)29-22/h6-9,14H,3-5,10-13,15H2,1-2H3. The van der Waals surface area contributed by atoms with E-state index in [4.69, 9.17) is 16.6 Å². The van der Waals surface area contributed by atoms with E-state index in [-0.39, 0.29) is 0 Å². The summed E-state index contributed by atoms with van der Waals surface area (Å²) >= 11 is 7.79. The molecular weight excluding hydrogens is 404 g/mol. The minimum Gasteiger partial charge on any atom is -0.340 e. The summed E-state index contributed by atoms with van der Waals surface area (Å²) in [5.74, 6) is 0.300. The lowest BCUT2D eigenvalue weighted by molar-refractivity contribution is -0.133. The largest absolute Gasteiger partial charge is 0.340 e. The van der Waals surface area contributed by atoms with Crippen molar-refractivity contribution >= 4 is 33.8 Å². The van der Waals surface area contributed by atoms with Crippen molar-refractivity contribution in [1.29, 1.82) is 0 Å². The highest BCUT2D eigenvalue weighted by molar-refractivity contribution is 7.17. The van der Waals surface area contributed by atoms with Gasteiger partial charge in [0, 0.05) is 60.8 Å². The number of amides is 1. The fourth-order valence-corrected chi connectivity index (χ4v) is 4.81. The number of thiazole rings is 1. The molecule has 1 fully saturated rings. The maximum atomic E-state index is 12.3. The molecule has 0 bridgehead atoms. The number of aryl methyl sites for hydroxylation is 1. The molecule has 1 aliphatic rings. The summed E-state index contributed by atoms with van der Waals surface area (Å²) in [6, 6.07) is 7.91. The van der Waals surface area contributed by atoms with Crippen LogP contribution in [-0.4, -0.2) is 51.3 Å². The highest BCUT2D eigenvalue weighted by Crippen LogP contribution is 2.30. The summed E-state index contributed by atoms with van der Waals surface area (Å²) in [4.78, 5) is 24.0. The normalized spacial score (nSPS) is 15.3. The molecule has 3 aromatic rings. The Bertz CT molecular complexity index is 986. The van der Waals surface area contributed by atoms with Crippen LogP contribution in [0.5, 0.6) is 0 Å². The van der Waals surface area contributed by atoms with Crippen LogP contribution in [0.3, 0.4) is 0 Å². The first kappa shape index (κ1) is 20.4. The monoisotopic (exact) mass is 430 g/mol.